The van der Waals surface area contributed by atoms with Gasteiger partial charge in [0.1, 0.15) is 0 Å². The fraction of sp³-hybridized carbons (Fsp3) is 0.500. The Morgan fingerprint density at radius 2 is 2.17 bits per heavy atom. The predicted molar refractivity (Wildman–Crippen MR) is 84.7 cm³/mol. The van der Waals surface area contributed by atoms with Crippen molar-refractivity contribution in [3.05, 3.63) is 18.5 Å². The zero-order chi connectivity index (χ0) is 16.4. The van der Waals surface area contributed by atoms with E-state index in [1.54, 1.807) is 6.33 Å². The molecule has 1 unspecified atom stereocenters. The van der Waals surface area contributed by atoms with Crippen LogP contribution in [0.2, 0.25) is 0 Å². The zero-order valence-electron chi connectivity index (χ0n) is 12.5. The Kier molecular flexibility index (Phi) is 4.42. The monoisotopic (exact) mass is 320 g/mol. The van der Waals surface area contributed by atoms with Crippen LogP contribution in [-0.2, 0) is 0 Å². The molecule has 2 aromatic heterocycles. The maximum absolute atomic E-state index is 9.45. The molecule has 124 valence electrons. The minimum atomic E-state index is -0.897. The van der Waals surface area contributed by atoms with E-state index in [-0.39, 0.29) is 37.7 Å². The fourth-order valence-corrected chi connectivity index (χ4v) is 2.67. The summed E-state index contributed by atoms with van der Waals surface area (Å²) < 4.78 is 1.90. The van der Waals surface area contributed by atoms with E-state index in [1.807, 2.05) is 16.7 Å². The number of hydrogen-bond donors (Lipinski definition) is 5. The second-order valence-electron chi connectivity index (χ2n) is 5.60. The minimum absolute atomic E-state index is 0.0577. The Balaban J connectivity index is 1.91. The number of allylic oxidation sites excluding steroid dienone is 1. The third kappa shape index (κ3) is 3.11. The molecule has 0 fully saturated rings. The van der Waals surface area contributed by atoms with Gasteiger partial charge in [-0.15, -0.1) is 0 Å². The molecule has 0 radical (unpaired) electrons. The molecule has 0 saturated carbocycles. The number of anilines is 2. The molecule has 0 bridgehead atoms. The molecule has 0 aromatic carbocycles. The molecule has 2 aromatic rings. The van der Waals surface area contributed by atoms with Crippen molar-refractivity contribution in [2.24, 2.45) is 5.92 Å². The molecule has 9 heteroatoms. The molecule has 2 heterocycles. The topological polar surface area (TPSA) is 142 Å². The molecule has 0 saturated heterocycles. The number of aromatic nitrogens is 4. The Hall–Kier alpha value is -2.23. The van der Waals surface area contributed by atoms with Gasteiger partial charge in [0.05, 0.1) is 25.1 Å². The van der Waals surface area contributed by atoms with E-state index in [1.165, 1.54) is 0 Å². The largest absolute Gasteiger partial charge is 0.396 e. The summed E-state index contributed by atoms with van der Waals surface area (Å²) >= 11 is 0. The van der Waals surface area contributed by atoms with E-state index in [0.29, 0.717) is 17.0 Å². The number of nitrogen functional groups attached to an aromatic ring is 1. The summed E-state index contributed by atoms with van der Waals surface area (Å²) in [6, 6.07) is 0.0577. The van der Waals surface area contributed by atoms with Gasteiger partial charge in [0.25, 0.3) is 0 Å². The molecule has 6 N–H and O–H groups in total. The van der Waals surface area contributed by atoms with Crippen LogP contribution in [0.5, 0.6) is 0 Å². The number of imidazole rings is 1. The number of rotatable bonds is 6. The second kappa shape index (κ2) is 6.49. The third-order valence-corrected chi connectivity index (χ3v) is 3.90. The van der Waals surface area contributed by atoms with Gasteiger partial charge < -0.3 is 30.9 Å². The lowest BCUT2D eigenvalue weighted by Gasteiger charge is -2.13. The summed E-state index contributed by atoms with van der Waals surface area (Å²) in [5.74, 6) is 0.647. The van der Waals surface area contributed by atoms with Gasteiger partial charge in [-0.3, -0.25) is 0 Å². The number of nitrogens with one attached hydrogen (secondary N) is 1. The van der Waals surface area contributed by atoms with Gasteiger partial charge in [-0.2, -0.15) is 9.97 Å². The normalized spacial score (nSPS) is 21.9. The highest BCUT2D eigenvalue weighted by molar-refractivity contribution is 5.84. The van der Waals surface area contributed by atoms with Gasteiger partial charge in [0.2, 0.25) is 5.95 Å². The van der Waals surface area contributed by atoms with E-state index >= 15 is 0 Å². The van der Waals surface area contributed by atoms with E-state index in [9.17, 15) is 10.2 Å². The van der Waals surface area contributed by atoms with Crippen LogP contribution < -0.4 is 11.1 Å². The highest BCUT2D eigenvalue weighted by atomic mass is 16.3. The Morgan fingerprint density at radius 1 is 1.35 bits per heavy atom. The van der Waals surface area contributed by atoms with Crippen LogP contribution in [0.1, 0.15) is 12.5 Å². The van der Waals surface area contributed by atoms with E-state index < -0.39 is 6.10 Å². The van der Waals surface area contributed by atoms with Gasteiger partial charge in [0, 0.05) is 19.1 Å². The highest BCUT2D eigenvalue weighted by Gasteiger charge is 2.23. The van der Waals surface area contributed by atoms with Crippen LogP contribution in [0.3, 0.4) is 0 Å². The number of nitrogens with zero attached hydrogens (tertiary/aromatic N) is 4. The fourth-order valence-electron chi connectivity index (χ4n) is 2.67. The lowest BCUT2D eigenvalue weighted by molar-refractivity contribution is 0.105. The van der Waals surface area contributed by atoms with Crippen LogP contribution in [-0.4, -0.2) is 60.7 Å². The van der Waals surface area contributed by atoms with Crippen molar-refractivity contribution in [2.45, 2.75) is 18.6 Å². The number of hydrogen-bond acceptors (Lipinski definition) is 8. The van der Waals surface area contributed by atoms with Crippen molar-refractivity contribution < 1.29 is 15.3 Å². The first-order chi connectivity index (χ1) is 11.1. The van der Waals surface area contributed by atoms with E-state index in [0.717, 1.165) is 6.42 Å². The first-order valence-corrected chi connectivity index (χ1v) is 7.44. The quantitative estimate of drug-likeness (QED) is 0.439. The van der Waals surface area contributed by atoms with Crippen molar-refractivity contribution in [2.75, 3.05) is 30.8 Å². The number of fused-ring (bicyclic) bond motifs is 1. The van der Waals surface area contributed by atoms with Crippen molar-refractivity contribution in [1.82, 2.24) is 19.5 Å². The van der Waals surface area contributed by atoms with Gasteiger partial charge in [-0.05, 0) is 6.42 Å². The summed E-state index contributed by atoms with van der Waals surface area (Å²) in [4.78, 5) is 12.7. The standard InChI is InChI=1S/C14H20N6O3/c15-14-18-12(16-4-10(23)6-22)11-13(19-14)20(7-17-11)9-2-1-8(3-9)5-21/h1-2,7-10,21-23H,3-6H2,(H3,15,16,18,19)/t8-,9+,10?/m0/s1. The predicted octanol–water partition coefficient (Wildman–Crippen LogP) is -0.717. The Bertz CT molecular complexity index is 716. The van der Waals surface area contributed by atoms with E-state index in [4.69, 9.17) is 10.8 Å². The first-order valence-electron chi connectivity index (χ1n) is 7.44. The van der Waals surface area contributed by atoms with Crippen LogP contribution in [0, 0.1) is 5.92 Å². The van der Waals surface area contributed by atoms with Gasteiger partial charge in [0.15, 0.2) is 17.0 Å². The smallest absolute Gasteiger partial charge is 0.224 e. The van der Waals surface area contributed by atoms with Gasteiger partial charge >= 0.3 is 0 Å². The maximum Gasteiger partial charge on any atom is 0.224 e. The molecule has 0 spiro atoms. The molecule has 0 aliphatic heterocycles. The molecular weight excluding hydrogens is 300 g/mol. The summed E-state index contributed by atoms with van der Waals surface area (Å²) in [5.41, 5.74) is 6.91. The number of nitrogens with two attached hydrogens (primary N) is 1. The summed E-state index contributed by atoms with van der Waals surface area (Å²) in [7, 11) is 0. The first kappa shape index (κ1) is 15.7. The maximum atomic E-state index is 9.45. The van der Waals surface area contributed by atoms with Crippen molar-refractivity contribution in [1.29, 1.82) is 0 Å². The van der Waals surface area contributed by atoms with E-state index in [2.05, 4.69) is 20.3 Å². The Labute approximate surface area is 132 Å². The van der Waals surface area contributed by atoms with Crippen molar-refractivity contribution in [3.63, 3.8) is 0 Å². The summed E-state index contributed by atoms with van der Waals surface area (Å²) in [5, 5.41) is 30.5. The zero-order valence-corrected chi connectivity index (χ0v) is 12.5. The van der Waals surface area contributed by atoms with Crippen LogP contribution in [0.25, 0.3) is 11.2 Å². The van der Waals surface area contributed by atoms with Crippen LogP contribution >= 0.6 is 0 Å². The van der Waals surface area contributed by atoms with Crippen molar-refractivity contribution >= 4 is 22.9 Å². The molecule has 3 rings (SSSR count). The molecule has 0 amide bonds. The molecule has 3 atom stereocenters. The Morgan fingerprint density at radius 3 is 2.87 bits per heavy atom. The third-order valence-electron chi connectivity index (χ3n) is 3.90. The van der Waals surface area contributed by atoms with Crippen LogP contribution in [0.15, 0.2) is 18.5 Å². The molecular formula is C14H20N6O3. The lowest BCUT2D eigenvalue weighted by atomic mass is 10.1. The molecule has 9 nitrogen and oxygen atoms in total. The van der Waals surface area contributed by atoms with Crippen molar-refractivity contribution in [3.8, 4) is 0 Å². The van der Waals surface area contributed by atoms with Crippen LogP contribution in [0.4, 0.5) is 11.8 Å². The highest BCUT2D eigenvalue weighted by Crippen LogP contribution is 2.31. The number of aliphatic hydroxyl groups excluding tert-OH is 3. The number of aliphatic hydroxyl groups is 3. The lowest BCUT2D eigenvalue weighted by Crippen LogP contribution is -2.23. The second-order valence-corrected chi connectivity index (χ2v) is 5.60. The van der Waals surface area contributed by atoms with Gasteiger partial charge in [-0.25, -0.2) is 4.98 Å². The molecule has 23 heavy (non-hydrogen) atoms. The summed E-state index contributed by atoms with van der Waals surface area (Å²) in [6.45, 7) is -0.103. The SMILES string of the molecule is Nc1nc(NCC(O)CO)c2ncn([C@@H]3C=C[C@H](CO)C3)c2n1. The summed E-state index contributed by atoms with van der Waals surface area (Å²) in [6.07, 6.45) is 5.55. The molecule has 1 aliphatic carbocycles. The minimum Gasteiger partial charge on any atom is -0.396 e. The van der Waals surface area contributed by atoms with Gasteiger partial charge in [-0.1, -0.05) is 12.2 Å². The average molecular weight is 320 g/mol. The average Bonchev–Trinajstić information content (AvgIpc) is 3.18. The molecule has 1 aliphatic rings.